The van der Waals surface area contributed by atoms with Gasteiger partial charge in [-0.25, -0.2) is 34.4 Å². The number of aliphatic imine (C=N–C) groups is 2. The Hall–Kier alpha value is -10.2. The summed E-state index contributed by atoms with van der Waals surface area (Å²) < 4.78 is 21.5. The molecule has 0 aliphatic carbocycles. The number of fused-ring (bicyclic) bond motifs is 22. The van der Waals surface area contributed by atoms with Gasteiger partial charge in [-0.15, -0.1) is 0 Å². The first-order valence-corrected chi connectivity index (χ1v) is 37.0. The van der Waals surface area contributed by atoms with Gasteiger partial charge in [0, 0.05) is 64.6 Å². The summed E-state index contributed by atoms with van der Waals surface area (Å²) in [4.78, 5) is 127. The Kier molecular flexibility index (Phi) is 24.7. The second-order valence-electron chi connectivity index (χ2n) is 26.6. The van der Waals surface area contributed by atoms with Gasteiger partial charge in [0.15, 0.2) is 11.6 Å². The molecule has 0 saturated heterocycles. The van der Waals surface area contributed by atoms with Crippen LogP contribution in [0.3, 0.4) is 0 Å². The Morgan fingerprint density at radius 3 is 1.40 bits per heavy atom. The number of aromatic nitrogens is 8. The van der Waals surface area contributed by atoms with E-state index in [9.17, 15) is 28.8 Å². The normalized spacial score (nSPS) is 13.7. The smallest absolute Gasteiger partial charge is 0.443 e. The van der Waals surface area contributed by atoms with E-state index in [1.165, 1.54) is 21.1 Å². The van der Waals surface area contributed by atoms with Crippen LogP contribution in [0.15, 0.2) is 166 Å². The van der Waals surface area contributed by atoms with E-state index in [4.69, 9.17) is 152 Å². The van der Waals surface area contributed by atoms with E-state index in [1.54, 1.807) is 90.1 Å². The van der Waals surface area contributed by atoms with Crippen LogP contribution in [0, 0.1) is 6.92 Å². The van der Waals surface area contributed by atoms with Gasteiger partial charge in [-0.3, -0.25) is 19.2 Å². The van der Waals surface area contributed by atoms with Crippen molar-refractivity contribution in [2.75, 3.05) is 38.9 Å². The fourth-order valence-corrected chi connectivity index (χ4v) is 14.1. The number of hydrogen-bond acceptors (Lipinski definition) is 20. The Labute approximate surface area is 694 Å². The van der Waals surface area contributed by atoms with Gasteiger partial charge >= 0.3 is 29.3 Å². The van der Waals surface area contributed by atoms with Crippen molar-refractivity contribution < 1.29 is 64.8 Å². The number of para-hydroxylation sites is 1. The van der Waals surface area contributed by atoms with Crippen molar-refractivity contribution in [1.29, 1.82) is 0 Å². The largest absolute Gasteiger partial charge is 2.00 e. The van der Waals surface area contributed by atoms with Crippen molar-refractivity contribution in [2.45, 2.75) is 65.7 Å². The SMILES string of the molecule is CN=NC(C(C)=O)C(=O)N(C(=O)OC(C)(C)C)c1ccccc1.COCCOCC(C)(C)OC(=O)N1C(=O)c2c(Cl)c(Cl)c(Cl)c(Cl)c2C1=Nc1cccc(N=C2NC(=O)c3c(Cl)c(Cl)c(Cl)c(Cl)c32)c1C.[Cu+2].c1ccc2c(c1)-c1nc-2nc2[n-]c(nc3nc(nc4[n-]c(n1)c1ccccc41)-c1ccccc1-3)c1ccccc21. The number of ketones is 1. The molecular formula is C79H59Cl8CuN15O10. The first-order chi connectivity index (χ1) is 53.5. The number of anilines is 1. The van der Waals surface area contributed by atoms with Crippen LogP contribution in [-0.2, 0) is 45.6 Å². The summed E-state index contributed by atoms with van der Waals surface area (Å²) in [5.74, 6) is -0.779. The number of hydrogen-bond donors (Lipinski definition) is 1. The second kappa shape index (κ2) is 33.9. The summed E-state index contributed by atoms with van der Waals surface area (Å²) in [6, 6.07) is 43.5. The predicted octanol–water partition coefficient (Wildman–Crippen LogP) is 19.3. The molecule has 1 atom stereocenters. The number of rotatable bonds is 12. The zero-order valence-electron chi connectivity index (χ0n) is 60.7. The monoisotopic (exact) mass is 1720 g/mol. The molecule has 1 unspecified atom stereocenters. The van der Waals surface area contributed by atoms with Gasteiger partial charge in [-0.1, -0.05) is 214 Å². The Bertz CT molecular complexity index is 5740. The Morgan fingerprint density at radius 1 is 0.531 bits per heavy atom. The maximum atomic E-state index is 13.8. The van der Waals surface area contributed by atoms with Crippen LogP contribution in [0.4, 0.5) is 26.7 Å². The van der Waals surface area contributed by atoms with Crippen molar-refractivity contribution in [2.24, 2.45) is 20.2 Å². The number of imide groups is 2. The van der Waals surface area contributed by atoms with Crippen molar-refractivity contribution in [3.63, 3.8) is 0 Å². The van der Waals surface area contributed by atoms with E-state index in [1.807, 2.05) is 97.1 Å². The molecule has 25 nitrogen and oxygen atoms in total. The molecule has 4 aliphatic rings. The molecule has 113 heavy (non-hydrogen) atoms. The molecule has 8 aromatic carbocycles. The molecule has 577 valence electrons. The van der Waals surface area contributed by atoms with Crippen LogP contribution in [0.5, 0.6) is 0 Å². The number of amides is 5. The van der Waals surface area contributed by atoms with Crippen LogP contribution >= 0.6 is 92.8 Å². The average molecular weight is 1730 g/mol. The molecule has 5 amide bonds. The van der Waals surface area contributed by atoms with E-state index in [0.717, 1.165) is 48.7 Å². The summed E-state index contributed by atoms with van der Waals surface area (Å²) in [7, 11) is 2.87. The first-order valence-electron chi connectivity index (χ1n) is 33.9. The van der Waals surface area contributed by atoms with Crippen LogP contribution in [0.2, 0.25) is 40.2 Å². The molecule has 11 aromatic rings. The van der Waals surface area contributed by atoms with Crippen molar-refractivity contribution >= 4 is 201 Å². The molecule has 34 heteroatoms. The number of halogens is 8. The number of Topliss-reactive ketones (excluding diaryl/α,β-unsaturated/α-hetero) is 1. The van der Waals surface area contributed by atoms with Gasteiger partial charge in [0.1, 0.15) is 17.0 Å². The van der Waals surface area contributed by atoms with Gasteiger partial charge in [-0.2, -0.15) is 15.1 Å². The number of carbonyl (C=O) groups is 6. The molecule has 7 heterocycles. The van der Waals surface area contributed by atoms with Crippen LogP contribution < -0.4 is 20.2 Å². The summed E-state index contributed by atoms with van der Waals surface area (Å²) in [5.41, 5.74) is 5.01. The summed E-state index contributed by atoms with van der Waals surface area (Å²) in [6.07, 6.45) is -1.97. The summed E-state index contributed by atoms with van der Waals surface area (Å²) in [5, 5.41) is 12.3. The van der Waals surface area contributed by atoms with E-state index in [0.29, 0.717) is 74.3 Å². The van der Waals surface area contributed by atoms with Crippen molar-refractivity contribution in [1.82, 2.24) is 50.1 Å². The standard InChI is InChI=1S/C32H16N8.C31H22Cl8N4O6.C16H21N3O4.Cu/c1-2-10-18-17(9-1)25-33-26(18)38-28-21-13-5-6-14-22(21)30(35-28)40-32-24-16-8-7-15-23(24)31(36-32)39-29-20-12-4-3-11-19(20)27(34-29)37-25;1-11-12(40-26-14-16(28(44)42-26)20(34)24(38)22(36)18(14)32)6-5-7-13(11)41-27-15-17(21(35)25(39)23(37)19(15)33)29(45)43(27)30(46)49-31(2,3)10-48-9-8-47-4;1-11(20)13(18-17-5)14(21)19(12-9-7-6-8-10-12)15(22)23-16(2,3)4;/h1-16H;5-7H,8-10H2,1-4H3,(H,40,42,44);6-10,13H,1-5H3;/q-2;;;+2. The number of ether oxygens (including phenoxy) is 4. The quantitative estimate of drug-likeness (QED) is 0.0297. The Morgan fingerprint density at radius 2 is 0.956 bits per heavy atom. The van der Waals surface area contributed by atoms with E-state index >= 15 is 0 Å². The third-order valence-corrected chi connectivity index (χ3v) is 20.8. The number of carbonyl (C=O) groups excluding carboxylic acids is 6. The molecule has 0 spiro atoms. The van der Waals surface area contributed by atoms with E-state index in [2.05, 4.69) is 25.5 Å². The topological polar surface area (TPSA) is 313 Å². The number of nitrogens with zero attached hydrogens (tertiary/aromatic N) is 14. The first kappa shape index (κ1) is 82.3. The molecular weight excluding hydrogens is 1670 g/mol. The van der Waals surface area contributed by atoms with Crippen LogP contribution in [0.25, 0.3) is 89.7 Å². The molecule has 0 saturated carbocycles. The molecule has 15 rings (SSSR count). The van der Waals surface area contributed by atoms with Gasteiger partial charge in [0.2, 0.25) is 6.04 Å². The zero-order valence-corrected chi connectivity index (χ0v) is 67.7. The molecule has 1 radical (unpaired) electrons. The number of nitrogens with one attached hydrogen (secondary N) is 1. The molecule has 0 fully saturated rings. The maximum Gasteiger partial charge on any atom is 2.00 e. The van der Waals surface area contributed by atoms with Gasteiger partial charge < -0.3 is 54.2 Å². The third kappa shape index (κ3) is 16.5. The van der Waals surface area contributed by atoms with Crippen LogP contribution in [0.1, 0.15) is 78.9 Å². The van der Waals surface area contributed by atoms with Crippen molar-refractivity contribution in [3.05, 3.63) is 214 Å². The summed E-state index contributed by atoms with van der Waals surface area (Å²) in [6.45, 7) is 11.7. The predicted molar refractivity (Wildman–Crippen MR) is 433 cm³/mol. The zero-order chi connectivity index (χ0) is 79.9. The number of amidine groups is 2. The minimum Gasteiger partial charge on any atom is -0.443 e. The number of benzene rings is 8. The Balaban J connectivity index is 0.000000166. The number of azo groups is 1. The third-order valence-electron chi connectivity index (χ3n) is 17.2. The molecule has 4 aliphatic heterocycles. The number of methoxy groups -OCH3 is 1. The molecule has 8 bridgehead atoms. The van der Waals surface area contributed by atoms with Crippen molar-refractivity contribution in [3.8, 4) is 45.6 Å². The minimum absolute atomic E-state index is 0. The minimum atomic E-state index is -1.38. The van der Waals surface area contributed by atoms with E-state index in [-0.39, 0.29) is 110 Å². The molecule has 3 aromatic heterocycles. The van der Waals surface area contributed by atoms with Gasteiger partial charge in [0.25, 0.3) is 17.7 Å². The second-order valence-corrected chi connectivity index (χ2v) is 29.6. The maximum absolute atomic E-state index is 13.8. The van der Waals surface area contributed by atoms with Gasteiger partial charge in [-0.05, 0) is 94.3 Å². The fourth-order valence-electron chi connectivity index (χ4n) is 12.1. The summed E-state index contributed by atoms with van der Waals surface area (Å²) >= 11 is 51.0. The fraction of sp³-hybridized carbons (Fsp3) is 0.190. The van der Waals surface area contributed by atoms with Crippen LogP contribution in [-0.4, -0.2) is 133 Å². The van der Waals surface area contributed by atoms with E-state index < -0.39 is 52.9 Å². The average Bonchev–Trinajstić information content (AvgIpc) is 1.61. The van der Waals surface area contributed by atoms with Gasteiger partial charge in [0.05, 0.1) is 123 Å². The molecule has 1 N–H and O–H groups in total.